The van der Waals surface area contributed by atoms with Gasteiger partial charge in [-0.1, -0.05) is 42.1 Å². The fourth-order valence-corrected chi connectivity index (χ4v) is 0. The fraction of sp³-hybridized carbons (Fsp3) is 0. The molecule has 6 heavy (non-hydrogen) atoms. The van der Waals surface area contributed by atoms with Crippen molar-refractivity contribution in [1.82, 2.24) is 0 Å². The zero-order valence-corrected chi connectivity index (χ0v) is 7.74. The summed E-state index contributed by atoms with van der Waals surface area (Å²) in [6.07, 6.45) is 0. The van der Waals surface area contributed by atoms with Gasteiger partial charge in [0.15, 0.2) is 5.98 Å². The van der Waals surface area contributed by atoms with Gasteiger partial charge in [-0.15, -0.1) is 0 Å². The standard InChI is InChI=1S/BH4.Cl3P.Na/c;1-4(2)3;/h1H4;;/q-1;;+1. The van der Waals surface area contributed by atoms with Crippen LogP contribution >= 0.6 is 39.7 Å². The summed E-state index contributed by atoms with van der Waals surface area (Å²) in [7, 11) is 0. The van der Waals surface area contributed by atoms with Gasteiger partial charge < -0.3 is 0 Å². The van der Waals surface area contributed by atoms with Crippen LogP contribution in [0.25, 0.3) is 0 Å². The Balaban J connectivity index is -0.0000000450. The van der Waals surface area contributed by atoms with Crippen molar-refractivity contribution in [1.29, 1.82) is 0 Å². The van der Waals surface area contributed by atoms with Crippen molar-refractivity contribution in [2.24, 2.45) is 0 Å². The van der Waals surface area contributed by atoms with Crippen molar-refractivity contribution in [2.75, 3.05) is 0 Å². The van der Waals surface area contributed by atoms with Gasteiger partial charge in [-0.05, 0) is 0 Å². The molecule has 6 heteroatoms. The van der Waals surface area contributed by atoms with Crippen molar-refractivity contribution >= 4 is 48.1 Å². The molecular formula is H4BCl3NaP. The van der Waals surface area contributed by atoms with Crippen molar-refractivity contribution in [3.05, 3.63) is 0 Å². The van der Waals surface area contributed by atoms with E-state index in [0.717, 1.165) is 0 Å². The Morgan fingerprint density at radius 1 is 1.00 bits per heavy atom. The van der Waals surface area contributed by atoms with Gasteiger partial charge in [-0.3, -0.25) is 0 Å². The minimum atomic E-state index is -1.20. The van der Waals surface area contributed by atoms with E-state index < -0.39 is 5.98 Å². The summed E-state index contributed by atoms with van der Waals surface area (Å²) in [6, 6.07) is 0. The second-order valence-electron chi connectivity index (χ2n) is 0.192. The molecule has 0 N–H and O–H groups in total. The molecule has 0 rings (SSSR count). The normalized spacial score (nSPS) is 6.00. The molecule has 0 aliphatic rings. The first-order valence-electron chi connectivity index (χ1n) is 0.507. The maximum Gasteiger partial charge on any atom is 1.00 e. The molecule has 0 aromatic rings. The molecule has 0 aliphatic carbocycles. The van der Waals surface area contributed by atoms with Crippen LogP contribution in [0.3, 0.4) is 0 Å². The minimum absolute atomic E-state index is 0. The van der Waals surface area contributed by atoms with E-state index >= 15 is 0 Å². The molecular weight excluding hydrogens is 171 g/mol. The van der Waals surface area contributed by atoms with Crippen LogP contribution in [0.1, 0.15) is 0 Å². The van der Waals surface area contributed by atoms with Gasteiger partial charge >= 0.3 is 29.6 Å². The molecule has 0 atom stereocenters. The summed E-state index contributed by atoms with van der Waals surface area (Å²) >= 11 is 14.6. The van der Waals surface area contributed by atoms with Crippen LogP contribution in [0.4, 0.5) is 0 Å². The minimum Gasteiger partial charge on any atom is -0.0626 e. The van der Waals surface area contributed by atoms with Crippen LogP contribution in [0.5, 0.6) is 0 Å². The van der Waals surface area contributed by atoms with E-state index in [1.807, 2.05) is 0 Å². The van der Waals surface area contributed by atoms with Crippen LogP contribution in [0, 0.1) is 0 Å². The molecule has 0 saturated carbocycles. The first kappa shape index (κ1) is 15.8. The largest absolute Gasteiger partial charge is 1.00 e. The van der Waals surface area contributed by atoms with Gasteiger partial charge in [-0.25, -0.2) is 0 Å². The summed E-state index contributed by atoms with van der Waals surface area (Å²) in [6.45, 7) is 0. The van der Waals surface area contributed by atoms with Gasteiger partial charge in [0.1, 0.15) is 0 Å². The monoisotopic (exact) mass is 174 g/mol. The number of rotatable bonds is 0. The SMILES string of the molecule is ClP(Cl)Cl.[BH4-].[Na+]. The zero-order chi connectivity index (χ0) is 3.58. The maximum atomic E-state index is 4.87. The molecule has 0 aromatic carbocycles. The van der Waals surface area contributed by atoms with Gasteiger partial charge in [0.25, 0.3) is 0 Å². The number of hydrogen-bond acceptors (Lipinski definition) is 0. The van der Waals surface area contributed by atoms with Crippen molar-refractivity contribution in [2.45, 2.75) is 0 Å². The summed E-state index contributed by atoms with van der Waals surface area (Å²) < 4.78 is 0. The average Bonchev–Trinajstić information content (AvgIpc) is 0.811. The summed E-state index contributed by atoms with van der Waals surface area (Å²) in [4.78, 5) is 0. The second-order valence-corrected chi connectivity index (χ2v) is 5.17. The number of halogens is 3. The summed E-state index contributed by atoms with van der Waals surface area (Å²) in [5, 5.41) is 0. The predicted molar refractivity (Wildman–Crippen MR) is 35.8 cm³/mol. The Hall–Kier alpha value is 2.36. The van der Waals surface area contributed by atoms with Gasteiger partial charge in [0.2, 0.25) is 0 Å². The average molecular weight is 175 g/mol. The van der Waals surface area contributed by atoms with Crippen LogP contribution in [-0.4, -0.2) is 8.41 Å². The zero-order valence-electron chi connectivity index (χ0n) is 2.58. The van der Waals surface area contributed by atoms with Gasteiger partial charge in [-0.2, -0.15) is 0 Å². The maximum absolute atomic E-state index is 4.87. The molecule has 0 radical (unpaired) electrons. The fourth-order valence-electron chi connectivity index (χ4n) is 0. The third-order valence-electron chi connectivity index (χ3n) is 0. The van der Waals surface area contributed by atoms with Crippen LogP contribution in [-0.2, 0) is 0 Å². The van der Waals surface area contributed by atoms with E-state index in [0.29, 0.717) is 0 Å². The molecule has 0 nitrogen and oxygen atoms in total. The Morgan fingerprint density at radius 3 is 1.00 bits per heavy atom. The molecule has 0 aliphatic heterocycles. The van der Waals surface area contributed by atoms with E-state index in [1.54, 1.807) is 0 Å². The Morgan fingerprint density at radius 2 is 1.00 bits per heavy atom. The Kier molecular flexibility index (Phi) is 27.2. The summed E-state index contributed by atoms with van der Waals surface area (Å²) in [5.74, 6) is -1.20. The molecule has 0 fully saturated rings. The van der Waals surface area contributed by atoms with Crippen LogP contribution in [0.15, 0.2) is 0 Å². The van der Waals surface area contributed by atoms with E-state index in [9.17, 15) is 0 Å². The molecule has 0 heterocycles. The molecule has 0 unspecified atom stereocenters. The third kappa shape index (κ3) is 32.8. The second kappa shape index (κ2) is 10.4. The van der Waals surface area contributed by atoms with E-state index in [1.165, 1.54) is 0 Å². The van der Waals surface area contributed by atoms with E-state index in [4.69, 9.17) is 33.7 Å². The van der Waals surface area contributed by atoms with E-state index in [-0.39, 0.29) is 38.0 Å². The molecule has 0 amide bonds. The Labute approximate surface area is 76.9 Å². The van der Waals surface area contributed by atoms with Crippen molar-refractivity contribution in [3.63, 3.8) is 0 Å². The predicted octanol–water partition coefficient (Wildman–Crippen LogP) is -1.52. The smallest absolute Gasteiger partial charge is 0.0626 e. The quantitative estimate of drug-likeness (QED) is 0.310. The van der Waals surface area contributed by atoms with Crippen molar-refractivity contribution in [3.8, 4) is 0 Å². The third-order valence-corrected chi connectivity index (χ3v) is 0. The number of hydrogen-bond donors (Lipinski definition) is 0. The van der Waals surface area contributed by atoms with Crippen LogP contribution in [0.2, 0.25) is 0 Å². The summed E-state index contributed by atoms with van der Waals surface area (Å²) in [5.41, 5.74) is 0. The van der Waals surface area contributed by atoms with Crippen molar-refractivity contribution < 1.29 is 29.6 Å². The van der Waals surface area contributed by atoms with E-state index in [2.05, 4.69) is 0 Å². The molecule has 0 aromatic heterocycles. The topological polar surface area (TPSA) is 0 Å². The van der Waals surface area contributed by atoms with Gasteiger partial charge in [0.05, 0.1) is 0 Å². The first-order valence-corrected chi connectivity index (χ1v) is 4.56. The van der Waals surface area contributed by atoms with Gasteiger partial charge in [0, 0.05) is 0 Å². The molecule has 0 saturated heterocycles. The first-order chi connectivity index (χ1) is 1.73. The molecule has 0 bridgehead atoms. The molecule has 34 valence electrons. The Bertz CT molecular complexity index is 15.5. The van der Waals surface area contributed by atoms with Crippen LogP contribution < -0.4 is 29.6 Å². The molecule has 0 spiro atoms.